The second-order valence-electron chi connectivity index (χ2n) is 9.11. The third kappa shape index (κ3) is 4.51. The first-order valence-electron chi connectivity index (χ1n) is 11.9. The Bertz CT molecular complexity index is 1220. The van der Waals surface area contributed by atoms with Gasteiger partial charge in [-0.1, -0.05) is 25.1 Å². The standard InChI is InChI=1S/C27H29N5O2/c1-3-14-32(17-18-8-9-18)26(34)19-10-12-21(13-11-19)29-27-28-16-20-15-24(33)31(2)23-7-5-4-6-22(23)25(20)30-27/h4-7,10-13,16,18H,3,8-9,14-15,17H2,1-2H3,(H,28,29,30). The molecule has 0 saturated heterocycles. The molecule has 1 fully saturated rings. The molecule has 174 valence electrons. The van der Waals surface area contributed by atoms with Crippen molar-refractivity contribution in [1.29, 1.82) is 0 Å². The van der Waals surface area contributed by atoms with Gasteiger partial charge >= 0.3 is 0 Å². The van der Waals surface area contributed by atoms with Crippen LogP contribution < -0.4 is 10.2 Å². The molecule has 34 heavy (non-hydrogen) atoms. The number of nitrogens with one attached hydrogen (secondary N) is 1. The summed E-state index contributed by atoms with van der Waals surface area (Å²) in [6, 6.07) is 15.2. The molecule has 1 N–H and O–H groups in total. The first kappa shape index (κ1) is 22.1. The van der Waals surface area contributed by atoms with E-state index in [-0.39, 0.29) is 18.2 Å². The van der Waals surface area contributed by atoms with Crippen LogP contribution in [-0.2, 0) is 11.2 Å². The number of hydrogen-bond acceptors (Lipinski definition) is 5. The summed E-state index contributed by atoms with van der Waals surface area (Å²) in [5, 5.41) is 3.24. The number of hydrogen-bond donors (Lipinski definition) is 1. The minimum Gasteiger partial charge on any atom is -0.338 e. The summed E-state index contributed by atoms with van der Waals surface area (Å²) >= 11 is 0. The lowest BCUT2D eigenvalue weighted by Crippen LogP contribution is -2.33. The van der Waals surface area contributed by atoms with Crippen LogP contribution in [0.3, 0.4) is 0 Å². The lowest BCUT2D eigenvalue weighted by Gasteiger charge is -2.22. The zero-order valence-electron chi connectivity index (χ0n) is 19.6. The van der Waals surface area contributed by atoms with Gasteiger partial charge in [0.15, 0.2) is 0 Å². The first-order chi connectivity index (χ1) is 16.5. The molecule has 2 aliphatic rings. The molecule has 1 aromatic heterocycles. The number of likely N-dealkylation sites (N-methyl/N-ethyl adjacent to an activating group) is 1. The molecule has 0 unspecified atom stereocenters. The van der Waals surface area contributed by atoms with Crippen LogP contribution in [-0.4, -0.2) is 46.8 Å². The summed E-state index contributed by atoms with van der Waals surface area (Å²) in [6.07, 6.45) is 5.39. The highest BCUT2D eigenvalue weighted by molar-refractivity contribution is 6.01. The first-order valence-corrected chi connectivity index (χ1v) is 11.9. The van der Waals surface area contributed by atoms with Crippen molar-refractivity contribution in [3.63, 3.8) is 0 Å². The Hall–Kier alpha value is -3.74. The summed E-state index contributed by atoms with van der Waals surface area (Å²) in [5.74, 6) is 1.22. The van der Waals surface area contributed by atoms with Gasteiger partial charge in [0, 0.05) is 48.7 Å². The SMILES string of the molecule is CCCN(CC1CC1)C(=O)c1ccc(Nc2ncc3c(n2)-c2ccccc2N(C)C(=O)C3)cc1. The summed E-state index contributed by atoms with van der Waals surface area (Å²) < 4.78 is 0. The van der Waals surface area contributed by atoms with Gasteiger partial charge in [-0.3, -0.25) is 9.59 Å². The zero-order chi connectivity index (χ0) is 23.7. The molecule has 7 nitrogen and oxygen atoms in total. The highest BCUT2D eigenvalue weighted by atomic mass is 16.2. The van der Waals surface area contributed by atoms with E-state index < -0.39 is 0 Å². The monoisotopic (exact) mass is 455 g/mol. The molecule has 2 aromatic carbocycles. The second-order valence-corrected chi connectivity index (χ2v) is 9.11. The predicted octanol–water partition coefficient (Wildman–Crippen LogP) is 4.67. The number of nitrogens with zero attached hydrogens (tertiary/aromatic N) is 4. The van der Waals surface area contributed by atoms with E-state index in [1.165, 1.54) is 12.8 Å². The summed E-state index contributed by atoms with van der Waals surface area (Å²) in [5.41, 5.74) is 4.80. The molecule has 2 heterocycles. The fourth-order valence-corrected chi connectivity index (χ4v) is 4.38. The van der Waals surface area contributed by atoms with Gasteiger partial charge in [0.05, 0.1) is 17.8 Å². The van der Waals surface area contributed by atoms with Gasteiger partial charge in [-0.05, 0) is 55.5 Å². The largest absolute Gasteiger partial charge is 0.338 e. The number of fused-ring (bicyclic) bond motifs is 3. The van der Waals surface area contributed by atoms with E-state index in [0.717, 1.165) is 47.7 Å². The molecule has 7 heteroatoms. The van der Waals surface area contributed by atoms with Gasteiger partial charge in [-0.15, -0.1) is 0 Å². The smallest absolute Gasteiger partial charge is 0.253 e. The molecule has 1 aliphatic carbocycles. The van der Waals surface area contributed by atoms with Crippen LogP contribution in [0.5, 0.6) is 0 Å². The van der Waals surface area contributed by atoms with E-state index in [9.17, 15) is 9.59 Å². The number of benzene rings is 2. The van der Waals surface area contributed by atoms with Crippen molar-refractivity contribution < 1.29 is 9.59 Å². The number of amides is 2. The summed E-state index contributed by atoms with van der Waals surface area (Å²) in [7, 11) is 1.79. The van der Waals surface area contributed by atoms with Crippen LogP contribution in [0.1, 0.15) is 42.1 Å². The van der Waals surface area contributed by atoms with E-state index >= 15 is 0 Å². The van der Waals surface area contributed by atoms with Crippen LogP contribution in [0.25, 0.3) is 11.3 Å². The highest BCUT2D eigenvalue weighted by Gasteiger charge is 2.27. The Balaban J connectivity index is 1.36. The van der Waals surface area contributed by atoms with E-state index in [4.69, 9.17) is 4.98 Å². The highest BCUT2D eigenvalue weighted by Crippen LogP contribution is 2.35. The van der Waals surface area contributed by atoms with Crippen molar-refractivity contribution in [2.45, 2.75) is 32.6 Å². The Labute approximate surface area is 199 Å². The number of anilines is 3. The molecule has 5 rings (SSSR count). The second kappa shape index (κ2) is 9.25. The van der Waals surface area contributed by atoms with E-state index in [1.807, 2.05) is 53.4 Å². The number of para-hydroxylation sites is 1. The van der Waals surface area contributed by atoms with Crippen LogP contribution in [0.2, 0.25) is 0 Å². The Kier molecular flexibility index (Phi) is 6.01. The fraction of sp³-hybridized carbons (Fsp3) is 0.333. The maximum Gasteiger partial charge on any atom is 0.253 e. The lowest BCUT2D eigenvalue weighted by atomic mass is 10.1. The third-order valence-corrected chi connectivity index (χ3v) is 6.45. The molecule has 0 radical (unpaired) electrons. The quantitative estimate of drug-likeness (QED) is 0.560. The van der Waals surface area contributed by atoms with Crippen molar-refractivity contribution >= 4 is 29.1 Å². The third-order valence-electron chi connectivity index (χ3n) is 6.45. The molecule has 1 saturated carbocycles. The zero-order valence-corrected chi connectivity index (χ0v) is 19.6. The minimum atomic E-state index is 0.00886. The lowest BCUT2D eigenvalue weighted by molar-refractivity contribution is -0.117. The maximum absolute atomic E-state index is 13.0. The molecule has 0 atom stereocenters. The summed E-state index contributed by atoms with van der Waals surface area (Å²) in [6.45, 7) is 3.75. The van der Waals surface area contributed by atoms with Crippen LogP contribution in [0.15, 0.2) is 54.7 Å². The van der Waals surface area contributed by atoms with Gasteiger partial charge in [0.2, 0.25) is 11.9 Å². The molecular formula is C27H29N5O2. The molecule has 0 spiro atoms. The topological polar surface area (TPSA) is 78.4 Å². The Morgan fingerprint density at radius 1 is 1.15 bits per heavy atom. The number of carbonyl (C=O) groups excluding carboxylic acids is 2. The molecule has 1 aliphatic heterocycles. The van der Waals surface area contributed by atoms with E-state index in [2.05, 4.69) is 17.2 Å². The number of aromatic nitrogens is 2. The van der Waals surface area contributed by atoms with Crippen LogP contribution in [0, 0.1) is 5.92 Å². The Morgan fingerprint density at radius 3 is 2.65 bits per heavy atom. The van der Waals surface area contributed by atoms with E-state index in [1.54, 1.807) is 18.1 Å². The van der Waals surface area contributed by atoms with Crippen molar-refractivity contribution in [3.8, 4) is 11.3 Å². The molecule has 2 amide bonds. The average molecular weight is 456 g/mol. The molecule has 0 bridgehead atoms. The predicted molar refractivity (Wildman–Crippen MR) is 133 cm³/mol. The van der Waals surface area contributed by atoms with Crippen molar-refractivity contribution in [1.82, 2.24) is 14.9 Å². The van der Waals surface area contributed by atoms with Gasteiger partial charge in [0.1, 0.15) is 0 Å². The normalized spacial score (nSPS) is 14.8. The van der Waals surface area contributed by atoms with Crippen LogP contribution >= 0.6 is 0 Å². The van der Waals surface area contributed by atoms with Crippen molar-refractivity contribution in [2.24, 2.45) is 5.92 Å². The van der Waals surface area contributed by atoms with Gasteiger partial charge < -0.3 is 15.1 Å². The van der Waals surface area contributed by atoms with Gasteiger partial charge in [0.25, 0.3) is 5.91 Å². The number of carbonyl (C=O) groups is 2. The minimum absolute atomic E-state index is 0.00886. The average Bonchev–Trinajstić information content (AvgIpc) is 3.69. The number of rotatable bonds is 7. The van der Waals surface area contributed by atoms with Gasteiger partial charge in [-0.25, -0.2) is 9.97 Å². The van der Waals surface area contributed by atoms with Gasteiger partial charge in [-0.2, -0.15) is 0 Å². The van der Waals surface area contributed by atoms with E-state index in [0.29, 0.717) is 17.4 Å². The fourth-order valence-electron chi connectivity index (χ4n) is 4.38. The molecular weight excluding hydrogens is 426 g/mol. The Morgan fingerprint density at radius 2 is 1.91 bits per heavy atom. The van der Waals surface area contributed by atoms with Crippen LogP contribution in [0.4, 0.5) is 17.3 Å². The molecule has 3 aromatic rings. The van der Waals surface area contributed by atoms with Crippen molar-refractivity contribution in [3.05, 3.63) is 65.9 Å². The van der Waals surface area contributed by atoms with Crippen molar-refractivity contribution in [2.75, 3.05) is 30.4 Å². The summed E-state index contributed by atoms with van der Waals surface area (Å²) in [4.78, 5) is 38.4. The maximum atomic E-state index is 13.0.